The molecule has 0 heterocycles. The van der Waals surface area contributed by atoms with E-state index in [2.05, 4.69) is 94.3 Å². The van der Waals surface area contributed by atoms with Gasteiger partial charge in [-0.25, -0.2) is 8.78 Å². The van der Waals surface area contributed by atoms with Gasteiger partial charge in [0.1, 0.15) is 15.7 Å². The molecule has 0 unspecified atom stereocenters. The highest BCUT2D eigenvalue weighted by molar-refractivity contribution is 9.93. The number of halogens is 8. The third-order valence-electron chi connectivity index (χ3n) is 3.05. The first-order valence-electron chi connectivity index (χ1n) is 6.87. The van der Waals surface area contributed by atoms with Crippen molar-refractivity contribution in [2.24, 2.45) is 0 Å². The van der Waals surface area contributed by atoms with Gasteiger partial charge in [0.15, 0.2) is 0 Å². The van der Waals surface area contributed by atoms with E-state index in [1.807, 2.05) is 13.8 Å². The lowest BCUT2D eigenvalue weighted by Gasteiger charge is -2.04. The molecule has 0 spiro atoms. The molecule has 0 aromatic heterocycles. The molecule has 2 aromatic rings. The molecule has 0 atom stereocenters. The molecule has 10 heteroatoms. The van der Waals surface area contributed by atoms with Crippen LogP contribution in [0.25, 0.3) is 0 Å². The highest BCUT2D eigenvalue weighted by Crippen LogP contribution is 2.59. The van der Waals surface area contributed by atoms with Crippen LogP contribution in [0, 0.1) is 25.5 Å². The normalized spacial score (nSPS) is 10.0. The van der Waals surface area contributed by atoms with Crippen molar-refractivity contribution >= 4 is 98.3 Å². The van der Waals surface area contributed by atoms with E-state index in [0.717, 1.165) is 15.6 Å². The van der Waals surface area contributed by atoms with E-state index in [4.69, 9.17) is 5.11 Å². The van der Waals surface area contributed by atoms with Gasteiger partial charge in [-0.2, -0.15) is 0 Å². The fourth-order valence-corrected chi connectivity index (χ4v) is 3.53. The zero-order valence-corrected chi connectivity index (χ0v) is 24.1. The van der Waals surface area contributed by atoms with E-state index in [1.165, 1.54) is 12.1 Å². The van der Waals surface area contributed by atoms with Crippen molar-refractivity contribution in [3.8, 4) is 0 Å². The van der Waals surface area contributed by atoms with Gasteiger partial charge in [-0.1, -0.05) is 59.9 Å². The summed E-state index contributed by atoms with van der Waals surface area (Å²) in [5.74, 6) is -0.538. The third kappa shape index (κ3) is 9.86. The number of benzene rings is 2. The molecular formula is C16H15Br6F2OP. The fourth-order valence-electron chi connectivity index (χ4n) is 1.70. The van der Waals surface area contributed by atoms with Crippen molar-refractivity contribution in [3.63, 3.8) is 0 Å². The highest BCUT2D eigenvalue weighted by Gasteiger charge is 2.07. The lowest BCUT2D eigenvalue weighted by Crippen LogP contribution is -1.92. The van der Waals surface area contributed by atoms with Crippen LogP contribution in [0.15, 0.2) is 33.2 Å². The smallest absolute Gasteiger partial charge is 0.129 e. The molecule has 1 N–H and O–H groups in total. The molecule has 0 saturated carbocycles. The molecule has 26 heavy (non-hydrogen) atoms. The summed E-state index contributed by atoms with van der Waals surface area (Å²) in [6.45, 7) is 3.52. The van der Waals surface area contributed by atoms with Gasteiger partial charge in [0, 0.05) is 25.4 Å². The zero-order valence-electron chi connectivity index (χ0n) is 13.6. The van der Waals surface area contributed by atoms with Gasteiger partial charge in [-0.05, 0) is 83.6 Å². The lowest BCUT2D eigenvalue weighted by atomic mass is 10.1. The summed E-state index contributed by atoms with van der Waals surface area (Å²) in [5.41, 5.74) is 2.99. The van der Waals surface area contributed by atoms with Crippen LogP contribution in [0.5, 0.6) is 0 Å². The predicted octanol–water partition coefficient (Wildman–Crippen LogP) is 9.58. The first kappa shape index (κ1) is 27.6. The second-order valence-electron chi connectivity index (χ2n) is 4.80. The Labute approximate surface area is 203 Å². The van der Waals surface area contributed by atoms with Crippen molar-refractivity contribution < 1.29 is 13.9 Å². The molecule has 2 rings (SSSR count). The number of rotatable bonds is 2. The number of aliphatic hydroxyl groups excluding tert-OH is 1. The Bertz CT molecular complexity index is 655. The minimum Gasteiger partial charge on any atom is -0.392 e. The number of aliphatic hydroxyl groups is 1. The average molecular weight is 772 g/mol. The van der Waals surface area contributed by atoms with E-state index in [0.29, 0.717) is 20.9 Å². The molecule has 0 fully saturated rings. The van der Waals surface area contributed by atoms with Crippen molar-refractivity contribution in [2.45, 2.75) is 25.8 Å². The average Bonchev–Trinajstić information content (AvgIpc) is 2.56. The Morgan fingerprint density at radius 3 is 1.46 bits per heavy atom. The van der Waals surface area contributed by atoms with Crippen LogP contribution in [0.4, 0.5) is 8.78 Å². The maximum absolute atomic E-state index is 13.0. The molecule has 0 aliphatic heterocycles. The number of alkyl halides is 1. The van der Waals surface area contributed by atoms with E-state index >= 15 is 0 Å². The third-order valence-corrected chi connectivity index (χ3v) is 5.82. The molecule has 1 nitrogen and oxygen atoms in total. The van der Waals surface area contributed by atoms with Gasteiger partial charge in [0.05, 0.1) is 6.61 Å². The van der Waals surface area contributed by atoms with Gasteiger partial charge < -0.3 is 5.11 Å². The molecule has 0 aliphatic rings. The molecule has 2 aromatic carbocycles. The van der Waals surface area contributed by atoms with E-state index in [9.17, 15) is 8.78 Å². The number of aryl methyl sites for hydroxylation is 2. The van der Waals surface area contributed by atoms with Crippen LogP contribution >= 0.6 is 98.3 Å². The Hall–Kier alpha value is 1.57. The Kier molecular flexibility index (Phi) is 15.4. The Balaban J connectivity index is 0.000000401. The summed E-state index contributed by atoms with van der Waals surface area (Å²) in [6.07, 6.45) is 0. The number of hydrogen-bond donors (Lipinski definition) is 1. The maximum Gasteiger partial charge on any atom is 0.129 e. The monoisotopic (exact) mass is 766 g/mol. The van der Waals surface area contributed by atoms with Crippen molar-refractivity contribution in [1.82, 2.24) is 0 Å². The van der Waals surface area contributed by atoms with Crippen molar-refractivity contribution in [3.05, 3.63) is 67.1 Å². The molecule has 0 radical (unpaired) electrons. The molecule has 0 bridgehead atoms. The quantitative estimate of drug-likeness (QED) is 0.238. The Morgan fingerprint density at radius 1 is 0.846 bits per heavy atom. The first-order chi connectivity index (χ1) is 12.1. The molecular weight excluding hydrogens is 757 g/mol. The summed E-state index contributed by atoms with van der Waals surface area (Å²) in [5, 5.41) is 9.30. The van der Waals surface area contributed by atoms with Gasteiger partial charge in [-0.15, -0.1) is 0 Å². The van der Waals surface area contributed by atoms with E-state index in [-0.39, 0.29) is 22.3 Å². The second kappa shape index (κ2) is 14.5. The summed E-state index contributed by atoms with van der Waals surface area (Å²) in [6, 6.07) is 6.26. The highest BCUT2D eigenvalue weighted by atomic mass is 80.0. The van der Waals surface area contributed by atoms with E-state index in [1.54, 1.807) is 12.1 Å². The molecule has 0 amide bonds. The molecule has 0 aliphatic carbocycles. The van der Waals surface area contributed by atoms with Crippen LogP contribution in [-0.2, 0) is 11.9 Å². The van der Waals surface area contributed by atoms with Gasteiger partial charge in [-0.3, -0.25) is 0 Å². The SMILES string of the molecule is BrP(Br)Br.Cc1ccc(F)c(CBr)c1Br.Cc1ccc(F)c(CO)c1Br. The van der Waals surface area contributed by atoms with E-state index < -0.39 is 0 Å². The summed E-state index contributed by atoms with van der Waals surface area (Å²) < 4.78 is 27.1. The standard InChI is InChI=1S/C8H7Br2F.C8H8BrFO.Br3P/c1-5-2-3-7(11)6(4-9)8(5)10;1-5-2-3-7(10)6(4-11)8(5)9;1-4(2)3/h2-3H,4H2,1H3;2-3,11H,4H2,1H3;. The number of hydrogen-bond acceptors (Lipinski definition) is 1. The second-order valence-corrected chi connectivity index (χ2v) is 22.3. The summed E-state index contributed by atoms with van der Waals surface area (Å²) in [4.78, 5) is 0. The Morgan fingerprint density at radius 2 is 1.19 bits per heavy atom. The lowest BCUT2D eigenvalue weighted by molar-refractivity contribution is 0.274. The van der Waals surface area contributed by atoms with Crippen molar-refractivity contribution in [2.75, 3.05) is 0 Å². The largest absolute Gasteiger partial charge is 0.392 e. The van der Waals surface area contributed by atoms with Crippen LogP contribution in [0.3, 0.4) is 0 Å². The van der Waals surface area contributed by atoms with Crippen LogP contribution in [-0.4, -0.2) is 5.11 Å². The first-order valence-corrected chi connectivity index (χ1v) is 17.0. The van der Waals surface area contributed by atoms with Gasteiger partial charge in [0.25, 0.3) is 0 Å². The van der Waals surface area contributed by atoms with Crippen LogP contribution in [0.1, 0.15) is 22.3 Å². The van der Waals surface area contributed by atoms with Crippen molar-refractivity contribution in [1.29, 1.82) is 0 Å². The summed E-state index contributed by atoms with van der Waals surface area (Å²) in [7, 11) is 0. The van der Waals surface area contributed by atoms with Crippen LogP contribution < -0.4 is 0 Å². The zero-order chi connectivity index (χ0) is 20.4. The molecule has 0 saturated heterocycles. The maximum atomic E-state index is 13.0. The summed E-state index contributed by atoms with van der Waals surface area (Å²) >= 11 is 19.2. The minimum atomic E-state index is -0.370. The molecule has 146 valence electrons. The fraction of sp³-hybridized carbons (Fsp3) is 0.250. The predicted molar refractivity (Wildman–Crippen MR) is 130 cm³/mol. The van der Waals surface area contributed by atoms with Crippen LogP contribution in [0.2, 0.25) is 0 Å². The topological polar surface area (TPSA) is 20.2 Å². The van der Waals surface area contributed by atoms with Gasteiger partial charge >= 0.3 is 0 Å². The van der Waals surface area contributed by atoms with Gasteiger partial charge in [0.2, 0.25) is 0 Å². The minimum absolute atomic E-state index is 0.167.